The molecule has 17 heavy (non-hydrogen) atoms. The Kier molecular flexibility index (Phi) is 2.78. The van der Waals surface area contributed by atoms with E-state index in [-0.39, 0.29) is 0 Å². The van der Waals surface area contributed by atoms with Gasteiger partial charge in [-0.05, 0) is 59.6 Å². The SMILES string of the molecule is O=CC1=C2Oc3c(I)cccc3C=C2CCC1. The van der Waals surface area contributed by atoms with Crippen molar-refractivity contribution in [1.29, 1.82) is 0 Å². The van der Waals surface area contributed by atoms with E-state index in [0.717, 1.165) is 57.3 Å². The highest BCUT2D eigenvalue weighted by molar-refractivity contribution is 14.1. The molecule has 1 heterocycles. The molecule has 1 aliphatic heterocycles. The van der Waals surface area contributed by atoms with Gasteiger partial charge in [0.25, 0.3) is 0 Å². The van der Waals surface area contributed by atoms with E-state index in [1.54, 1.807) is 0 Å². The van der Waals surface area contributed by atoms with E-state index in [2.05, 4.69) is 34.7 Å². The van der Waals surface area contributed by atoms with Gasteiger partial charge in [-0.3, -0.25) is 4.79 Å². The lowest BCUT2D eigenvalue weighted by molar-refractivity contribution is -0.105. The number of allylic oxidation sites excluding steroid dienone is 2. The highest BCUT2D eigenvalue weighted by Gasteiger charge is 2.24. The minimum Gasteiger partial charge on any atom is -0.455 e. The molecule has 0 N–H and O–H groups in total. The second-order valence-corrected chi connectivity index (χ2v) is 5.42. The van der Waals surface area contributed by atoms with Crippen molar-refractivity contribution in [2.24, 2.45) is 0 Å². The van der Waals surface area contributed by atoms with Crippen molar-refractivity contribution in [3.8, 4) is 5.75 Å². The third kappa shape index (κ3) is 1.82. The summed E-state index contributed by atoms with van der Waals surface area (Å²) in [6, 6.07) is 6.10. The average molecular weight is 338 g/mol. The summed E-state index contributed by atoms with van der Waals surface area (Å²) in [4.78, 5) is 11.0. The van der Waals surface area contributed by atoms with Crippen LogP contribution in [-0.4, -0.2) is 6.29 Å². The summed E-state index contributed by atoms with van der Waals surface area (Å²) in [7, 11) is 0. The van der Waals surface area contributed by atoms with Crippen LogP contribution in [0.2, 0.25) is 0 Å². The Morgan fingerprint density at radius 1 is 1.29 bits per heavy atom. The first kappa shape index (κ1) is 11.0. The summed E-state index contributed by atoms with van der Waals surface area (Å²) in [5.41, 5.74) is 3.07. The Labute approximate surface area is 113 Å². The predicted molar refractivity (Wildman–Crippen MR) is 74.7 cm³/mol. The van der Waals surface area contributed by atoms with Gasteiger partial charge in [-0.25, -0.2) is 0 Å². The molecule has 0 atom stereocenters. The molecule has 0 aromatic heterocycles. The number of halogens is 1. The van der Waals surface area contributed by atoms with Crippen LogP contribution in [0.4, 0.5) is 0 Å². The topological polar surface area (TPSA) is 26.3 Å². The molecular formula is C14H11IO2. The number of carbonyl (C=O) groups is 1. The van der Waals surface area contributed by atoms with Crippen LogP contribution in [0.1, 0.15) is 24.8 Å². The van der Waals surface area contributed by atoms with E-state index in [4.69, 9.17) is 4.74 Å². The number of fused-ring (bicyclic) bond motifs is 2. The van der Waals surface area contributed by atoms with Crippen molar-refractivity contribution >= 4 is 35.0 Å². The molecule has 0 amide bonds. The maximum atomic E-state index is 11.0. The van der Waals surface area contributed by atoms with Crippen LogP contribution in [0.15, 0.2) is 35.1 Å². The van der Waals surface area contributed by atoms with Gasteiger partial charge in [-0.1, -0.05) is 12.1 Å². The second kappa shape index (κ2) is 4.29. The molecule has 0 unspecified atom stereocenters. The van der Waals surface area contributed by atoms with E-state index < -0.39 is 0 Å². The van der Waals surface area contributed by atoms with Gasteiger partial charge < -0.3 is 4.74 Å². The van der Waals surface area contributed by atoms with Crippen LogP contribution in [0.5, 0.6) is 5.75 Å². The van der Waals surface area contributed by atoms with Crippen molar-refractivity contribution in [1.82, 2.24) is 0 Å². The summed E-state index contributed by atoms with van der Waals surface area (Å²) in [6.45, 7) is 0. The number of aldehydes is 1. The van der Waals surface area contributed by atoms with E-state index in [9.17, 15) is 4.79 Å². The number of carbonyl (C=O) groups excluding carboxylic acids is 1. The Bertz CT molecular complexity index is 555. The molecule has 3 rings (SSSR count). The van der Waals surface area contributed by atoms with E-state index in [1.807, 2.05) is 12.1 Å². The number of hydrogen-bond acceptors (Lipinski definition) is 2. The lowest BCUT2D eigenvalue weighted by Gasteiger charge is -2.26. The van der Waals surface area contributed by atoms with Gasteiger partial charge in [0.1, 0.15) is 17.8 Å². The molecule has 0 spiro atoms. The fourth-order valence-corrected chi connectivity index (χ4v) is 2.95. The largest absolute Gasteiger partial charge is 0.455 e. The molecule has 0 radical (unpaired) electrons. The molecule has 1 aromatic rings. The first-order valence-electron chi connectivity index (χ1n) is 5.65. The number of ether oxygens (including phenoxy) is 1. The van der Waals surface area contributed by atoms with Gasteiger partial charge in [0.15, 0.2) is 0 Å². The predicted octanol–water partition coefficient (Wildman–Crippen LogP) is 3.70. The van der Waals surface area contributed by atoms with Crippen molar-refractivity contribution in [3.63, 3.8) is 0 Å². The molecule has 1 aromatic carbocycles. The van der Waals surface area contributed by atoms with Gasteiger partial charge in [0.05, 0.1) is 3.57 Å². The molecular weight excluding hydrogens is 327 g/mol. The zero-order valence-corrected chi connectivity index (χ0v) is 11.4. The second-order valence-electron chi connectivity index (χ2n) is 4.26. The first-order valence-corrected chi connectivity index (χ1v) is 6.73. The quantitative estimate of drug-likeness (QED) is 0.577. The van der Waals surface area contributed by atoms with Gasteiger partial charge in [0.2, 0.25) is 0 Å². The standard InChI is InChI=1S/C14H11IO2/c15-12-6-2-4-10-7-9-3-1-5-11(8-16)13(9)17-14(10)12/h2,4,6-8H,1,3,5H2. The van der Waals surface area contributed by atoms with E-state index >= 15 is 0 Å². The number of rotatable bonds is 1. The van der Waals surface area contributed by atoms with Crippen LogP contribution in [-0.2, 0) is 4.79 Å². The minimum atomic E-state index is 0.794. The van der Waals surface area contributed by atoms with Crippen molar-refractivity contribution in [3.05, 3.63) is 44.2 Å². The van der Waals surface area contributed by atoms with Crippen LogP contribution in [0.3, 0.4) is 0 Å². The summed E-state index contributed by atoms with van der Waals surface area (Å²) >= 11 is 2.26. The van der Waals surface area contributed by atoms with Gasteiger partial charge in [0, 0.05) is 11.1 Å². The summed E-state index contributed by atoms with van der Waals surface area (Å²) in [6.07, 6.45) is 5.95. The lowest BCUT2D eigenvalue weighted by Crippen LogP contribution is -2.14. The van der Waals surface area contributed by atoms with Crippen LogP contribution < -0.4 is 4.74 Å². The molecule has 86 valence electrons. The number of para-hydroxylation sites is 1. The average Bonchev–Trinajstić information content (AvgIpc) is 2.36. The first-order chi connectivity index (χ1) is 8.29. The van der Waals surface area contributed by atoms with Gasteiger partial charge in [-0.15, -0.1) is 0 Å². The molecule has 0 fully saturated rings. The smallest absolute Gasteiger partial charge is 0.149 e. The van der Waals surface area contributed by atoms with Crippen LogP contribution >= 0.6 is 22.6 Å². The van der Waals surface area contributed by atoms with E-state index in [1.165, 1.54) is 0 Å². The molecule has 2 nitrogen and oxygen atoms in total. The Hall–Kier alpha value is -1.10. The van der Waals surface area contributed by atoms with Crippen molar-refractivity contribution in [2.75, 3.05) is 0 Å². The lowest BCUT2D eigenvalue weighted by atomic mass is 9.91. The zero-order chi connectivity index (χ0) is 11.8. The Morgan fingerprint density at radius 3 is 3.00 bits per heavy atom. The zero-order valence-electron chi connectivity index (χ0n) is 9.20. The number of benzene rings is 1. The van der Waals surface area contributed by atoms with Gasteiger partial charge >= 0.3 is 0 Å². The summed E-state index contributed by atoms with van der Waals surface area (Å²) in [5.74, 6) is 1.68. The highest BCUT2D eigenvalue weighted by Crippen LogP contribution is 2.40. The summed E-state index contributed by atoms with van der Waals surface area (Å²) < 4.78 is 7.02. The normalized spacial score (nSPS) is 17.8. The maximum Gasteiger partial charge on any atom is 0.149 e. The monoisotopic (exact) mass is 338 g/mol. The number of hydrogen-bond donors (Lipinski definition) is 0. The fourth-order valence-electron chi connectivity index (χ4n) is 2.32. The molecule has 3 heteroatoms. The Balaban J connectivity index is 2.19. The molecule has 0 bridgehead atoms. The van der Waals surface area contributed by atoms with E-state index in [0.29, 0.717) is 0 Å². The fraction of sp³-hybridized carbons (Fsp3) is 0.214. The Morgan fingerprint density at radius 2 is 2.18 bits per heavy atom. The third-order valence-corrected chi connectivity index (χ3v) is 4.00. The van der Waals surface area contributed by atoms with Crippen LogP contribution in [0.25, 0.3) is 6.08 Å². The maximum absolute atomic E-state index is 11.0. The van der Waals surface area contributed by atoms with Crippen LogP contribution in [0, 0.1) is 3.57 Å². The summed E-state index contributed by atoms with van der Waals surface area (Å²) in [5, 5.41) is 0. The molecule has 1 aliphatic carbocycles. The third-order valence-electron chi connectivity index (χ3n) is 3.15. The molecule has 2 aliphatic rings. The van der Waals surface area contributed by atoms with Gasteiger partial charge in [-0.2, -0.15) is 0 Å². The van der Waals surface area contributed by atoms with Crippen molar-refractivity contribution in [2.45, 2.75) is 19.3 Å². The minimum absolute atomic E-state index is 0.794. The highest BCUT2D eigenvalue weighted by atomic mass is 127. The van der Waals surface area contributed by atoms with Crippen molar-refractivity contribution < 1.29 is 9.53 Å². The molecule has 0 saturated carbocycles. The molecule has 0 saturated heterocycles.